The summed E-state index contributed by atoms with van der Waals surface area (Å²) in [6.45, 7) is -1.03. The maximum absolute atomic E-state index is 10.7. The molecule has 1 atom stereocenters. The molecule has 7 nitrogen and oxygen atoms in total. The van der Waals surface area contributed by atoms with Crippen LogP contribution in [-0.4, -0.2) is 39.6 Å². The summed E-state index contributed by atoms with van der Waals surface area (Å²) in [4.78, 5) is 10.1. The molecule has 0 aliphatic heterocycles. The summed E-state index contributed by atoms with van der Waals surface area (Å²) in [5, 5.41) is 37.2. The van der Waals surface area contributed by atoms with Crippen molar-refractivity contribution in [3.8, 4) is 5.75 Å². The molecule has 0 radical (unpaired) electrons. The van der Waals surface area contributed by atoms with E-state index in [0.717, 1.165) is 0 Å². The summed E-state index contributed by atoms with van der Waals surface area (Å²) < 4.78 is 5.02. The molecule has 1 unspecified atom stereocenters. The number of aliphatic hydroxyl groups is 3. The van der Waals surface area contributed by atoms with Crippen LogP contribution in [0.2, 0.25) is 0 Å². The van der Waals surface area contributed by atoms with Crippen LogP contribution in [0.5, 0.6) is 5.75 Å². The quantitative estimate of drug-likeness (QED) is 0.472. The molecule has 0 amide bonds. The van der Waals surface area contributed by atoms with E-state index in [9.17, 15) is 10.1 Å². The number of ether oxygens (including phenoxy) is 1. The van der Waals surface area contributed by atoms with Gasteiger partial charge in [-0.3, -0.25) is 10.1 Å². The highest BCUT2D eigenvalue weighted by Gasteiger charge is 2.16. The Morgan fingerprint density at radius 1 is 1.41 bits per heavy atom. The van der Waals surface area contributed by atoms with E-state index in [2.05, 4.69) is 0 Å². The Morgan fingerprint density at radius 3 is 2.65 bits per heavy atom. The lowest BCUT2D eigenvalue weighted by Gasteiger charge is -2.10. The van der Waals surface area contributed by atoms with Crippen molar-refractivity contribution in [3.05, 3.63) is 33.9 Å². The van der Waals surface area contributed by atoms with Crippen LogP contribution >= 0.6 is 0 Å². The van der Waals surface area contributed by atoms with E-state index in [1.165, 1.54) is 18.2 Å². The van der Waals surface area contributed by atoms with Gasteiger partial charge in [0.2, 0.25) is 0 Å². The Hall–Kier alpha value is -1.70. The van der Waals surface area contributed by atoms with Crippen molar-refractivity contribution in [1.29, 1.82) is 0 Å². The van der Waals surface area contributed by atoms with Crippen molar-refractivity contribution in [2.24, 2.45) is 0 Å². The van der Waals surface area contributed by atoms with Crippen LogP contribution in [0.3, 0.4) is 0 Å². The minimum Gasteiger partial charge on any atom is -0.484 e. The van der Waals surface area contributed by atoms with E-state index >= 15 is 0 Å². The third-order valence-electron chi connectivity index (χ3n) is 2.04. The van der Waals surface area contributed by atoms with Gasteiger partial charge in [0.05, 0.1) is 18.1 Å². The smallest absolute Gasteiger partial charge is 0.311 e. The number of nitrogens with zero attached hydrogens (tertiary/aromatic N) is 1. The van der Waals surface area contributed by atoms with Gasteiger partial charge in [-0.25, -0.2) is 0 Å². The van der Waals surface area contributed by atoms with Crippen molar-refractivity contribution < 1.29 is 25.0 Å². The van der Waals surface area contributed by atoms with Gasteiger partial charge in [0.1, 0.15) is 12.7 Å². The normalized spacial score (nSPS) is 12.2. The monoisotopic (exact) mass is 243 g/mol. The molecule has 0 aromatic heterocycles. The third-order valence-corrected chi connectivity index (χ3v) is 2.04. The van der Waals surface area contributed by atoms with Crippen molar-refractivity contribution in [3.63, 3.8) is 0 Å². The van der Waals surface area contributed by atoms with Crippen LogP contribution < -0.4 is 4.74 Å². The zero-order valence-electron chi connectivity index (χ0n) is 8.94. The molecule has 7 heteroatoms. The number of benzene rings is 1. The molecule has 94 valence electrons. The van der Waals surface area contributed by atoms with Gasteiger partial charge in [-0.15, -0.1) is 0 Å². The molecular weight excluding hydrogens is 230 g/mol. The van der Waals surface area contributed by atoms with E-state index in [1.807, 2.05) is 0 Å². The lowest BCUT2D eigenvalue weighted by molar-refractivity contribution is -0.386. The Labute approximate surface area is 97.0 Å². The molecule has 1 rings (SSSR count). The van der Waals surface area contributed by atoms with Crippen molar-refractivity contribution in [2.75, 3.05) is 13.2 Å². The molecule has 0 spiro atoms. The number of hydrogen-bond acceptors (Lipinski definition) is 6. The Morgan fingerprint density at radius 2 is 2.12 bits per heavy atom. The van der Waals surface area contributed by atoms with Crippen LogP contribution in [0.4, 0.5) is 5.69 Å². The van der Waals surface area contributed by atoms with E-state index < -0.39 is 17.6 Å². The fourth-order valence-electron chi connectivity index (χ4n) is 1.16. The van der Waals surface area contributed by atoms with Gasteiger partial charge in [0, 0.05) is 6.07 Å². The number of rotatable bonds is 6. The van der Waals surface area contributed by atoms with Crippen LogP contribution in [0, 0.1) is 10.1 Å². The topological polar surface area (TPSA) is 113 Å². The van der Waals surface area contributed by atoms with Crippen LogP contribution in [0.1, 0.15) is 5.56 Å². The predicted octanol–water partition coefficient (Wildman–Crippen LogP) is -0.181. The maximum atomic E-state index is 10.7. The second-order valence-corrected chi connectivity index (χ2v) is 3.36. The molecule has 0 saturated heterocycles. The van der Waals surface area contributed by atoms with Crippen molar-refractivity contribution in [2.45, 2.75) is 12.7 Å². The second-order valence-electron chi connectivity index (χ2n) is 3.36. The number of aliphatic hydroxyl groups excluding tert-OH is 3. The second kappa shape index (κ2) is 6.14. The van der Waals surface area contributed by atoms with Crippen molar-refractivity contribution in [1.82, 2.24) is 0 Å². The minimum atomic E-state index is -1.09. The van der Waals surface area contributed by atoms with Gasteiger partial charge in [-0.1, -0.05) is 6.07 Å². The zero-order chi connectivity index (χ0) is 12.8. The third kappa shape index (κ3) is 3.66. The fraction of sp³-hybridized carbons (Fsp3) is 0.400. The van der Waals surface area contributed by atoms with Gasteiger partial charge >= 0.3 is 5.69 Å². The molecule has 17 heavy (non-hydrogen) atoms. The first-order chi connectivity index (χ1) is 8.08. The van der Waals surface area contributed by atoms with Crippen LogP contribution in [-0.2, 0) is 6.61 Å². The lowest BCUT2D eigenvalue weighted by atomic mass is 10.2. The molecule has 3 N–H and O–H groups in total. The lowest BCUT2D eigenvalue weighted by Crippen LogP contribution is -2.21. The summed E-state index contributed by atoms with van der Waals surface area (Å²) in [5.41, 5.74) is 0.105. The van der Waals surface area contributed by atoms with E-state index in [1.54, 1.807) is 0 Å². The minimum absolute atomic E-state index is 0.0142. The summed E-state index contributed by atoms with van der Waals surface area (Å²) in [6, 6.07) is 4.02. The van der Waals surface area contributed by atoms with E-state index in [-0.39, 0.29) is 24.7 Å². The molecule has 0 bridgehead atoms. The van der Waals surface area contributed by atoms with Gasteiger partial charge < -0.3 is 20.1 Å². The molecule has 0 fully saturated rings. The molecule has 0 aliphatic carbocycles. The summed E-state index contributed by atoms with van der Waals surface area (Å²) in [6.07, 6.45) is -1.09. The molecule has 1 aromatic carbocycles. The Bertz CT molecular complexity index is 394. The van der Waals surface area contributed by atoms with E-state index in [0.29, 0.717) is 5.56 Å². The fourth-order valence-corrected chi connectivity index (χ4v) is 1.16. The average Bonchev–Trinajstić information content (AvgIpc) is 2.35. The predicted molar refractivity (Wildman–Crippen MR) is 57.6 cm³/mol. The van der Waals surface area contributed by atoms with Gasteiger partial charge in [-0.2, -0.15) is 0 Å². The Balaban J connectivity index is 2.87. The summed E-state index contributed by atoms with van der Waals surface area (Å²) in [5.74, 6) is -0.0142. The molecule has 0 heterocycles. The Kier molecular flexibility index (Phi) is 4.83. The van der Waals surface area contributed by atoms with E-state index in [4.69, 9.17) is 20.1 Å². The highest BCUT2D eigenvalue weighted by molar-refractivity contribution is 5.48. The van der Waals surface area contributed by atoms with Gasteiger partial charge in [0.15, 0.2) is 5.75 Å². The van der Waals surface area contributed by atoms with Crippen LogP contribution in [0.25, 0.3) is 0 Å². The molecule has 0 aliphatic rings. The SMILES string of the molecule is O=[N+]([O-])c1cc(CO)ccc1OCC(O)CO. The van der Waals surface area contributed by atoms with Crippen LogP contribution in [0.15, 0.2) is 18.2 Å². The molecular formula is C10H13NO6. The number of nitro groups is 1. The molecule has 0 saturated carbocycles. The van der Waals surface area contributed by atoms with Gasteiger partial charge in [-0.05, 0) is 11.6 Å². The first kappa shape index (κ1) is 13.4. The number of hydrogen-bond donors (Lipinski definition) is 3. The maximum Gasteiger partial charge on any atom is 0.311 e. The first-order valence-electron chi connectivity index (χ1n) is 4.88. The highest BCUT2D eigenvalue weighted by atomic mass is 16.6. The number of nitro benzene ring substituents is 1. The standard InChI is InChI=1S/C10H13NO6/c12-4-7-1-2-10(9(3-7)11(15)16)17-6-8(14)5-13/h1-3,8,12-14H,4-6H2. The zero-order valence-corrected chi connectivity index (χ0v) is 8.94. The summed E-state index contributed by atoms with van der Waals surface area (Å²) in [7, 11) is 0. The largest absolute Gasteiger partial charge is 0.484 e. The highest BCUT2D eigenvalue weighted by Crippen LogP contribution is 2.28. The summed E-state index contributed by atoms with van der Waals surface area (Å²) >= 11 is 0. The van der Waals surface area contributed by atoms with Gasteiger partial charge in [0.25, 0.3) is 0 Å². The molecule has 1 aromatic rings. The first-order valence-corrected chi connectivity index (χ1v) is 4.88. The van der Waals surface area contributed by atoms with Crippen molar-refractivity contribution >= 4 is 5.69 Å². The average molecular weight is 243 g/mol.